The van der Waals surface area contributed by atoms with E-state index in [2.05, 4.69) is 62.5 Å². The van der Waals surface area contributed by atoms with Crippen LogP contribution in [0.5, 0.6) is 0 Å². The van der Waals surface area contributed by atoms with Gasteiger partial charge in [-0.1, -0.05) is 243 Å². The lowest BCUT2D eigenvalue weighted by Crippen LogP contribution is -2.46. The monoisotopic (exact) mass is 914 g/mol. The summed E-state index contributed by atoms with van der Waals surface area (Å²) >= 11 is 0. The average molecular weight is 915 g/mol. The second-order valence-electron chi connectivity index (χ2n) is 19.7. The number of amides is 1. The zero-order chi connectivity index (χ0) is 47.4. The van der Waals surface area contributed by atoms with Crippen molar-refractivity contribution >= 4 is 11.9 Å². The van der Waals surface area contributed by atoms with E-state index in [1.807, 2.05) is 0 Å². The maximum absolute atomic E-state index is 13.3. The van der Waals surface area contributed by atoms with Crippen LogP contribution in [-0.2, 0) is 14.3 Å². The predicted octanol–water partition coefficient (Wildman–Crippen LogP) is 17.6. The molecule has 0 aliphatic rings. The van der Waals surface area contributed by atoms with Gasteiger partial charge in [-0.15, -0.1) is 0 Å². The van der Waals surface area contributed by atoms with Crippen LogP contribution in [0.15, 0.2) is 36.5 Å². The summed E-state index contributed by atoms with van der Waals surface area (Å²) in [6.45, 7) is 6.48. The standard InChI is InChI=1S/C59H111NO5/c1-4-7-10-13-16-19-22-25-27-29-30-33-35-38-41-44-47-50-55(65-59(64)52-49-46-43-40-37-32-24-21-18-15-12-9-6-3)53-58(63)60-56(54-61)57(62)51-48-45-42-39-36-34-31-28-26-23-20-17-14-11-8-5-2/h16,19,25,27,32,37,55-57,61-62H,4-15,17-18,20-24,26,28-31,33-36,38-54H2,1-3H3,(H,60,63)/b19-16-,27-25-,37-32-. The topological polar surface area (TPSA) is 95.9 Å². The molecule has 0 aliphatic carbocycles. The zero-order valence-corrected chi connectivity index (χ0v) is 43.6. The van der Waals surface area contributed by atoms with E-state index in [4.69, 9.17) is 4.74 Å². The van der Waals surface area contributed by atoms with Gasteiger partial charge >= 0.3 is 5.97 Å². The number of carbonyl (C=O) groups excluding carboxylic acids is 2. The van der Waals surface area contributed by atoms with Crippen LogP contribution in [0.2, 0.25) is 0 Å². The molecule has 0 saturated carbocycles. The van der Waals surface area contributed by atoms with Crippen molar-refractivity contribution in [3.8, 4) is 0 Å². The van der Waals surface area contributed by atoms with Crippen LogP contribution < -0.4 is 5.32 Å². The van der Waals surface area contributed by atoms with Crippen molar-refractivity contribution in [2.24, 2.45) is 0 Å². The van der Waals surface area contributed by atoms with Crippen molar-refractivity contribution in [1.82, 2.24) is 5.32 Å². The molecule has 0 aromatic heterocycles. The molecule has 3 atom stereocenters. The van der Waals surface area contributed by atoms with Gasteiger partial charge in [-0.3, -0.25) is 9.59 Å². The minimum Gasteiger partial charge on any atom is -0.462 e. The van der Waals surface area contributed by atoms with Crippen molar-refractivity contribution in [2.45, 2.75) is 322 Å². The molecule has 0 heterocycles. The van der Waals surface area contributed by atoms with Crippen LogP contribution in [0, 0.1) is 0 Å². The Kier molecular flexibility index (Phi) is 51.5. The number of ether oxygens (including phenoxy) is 1. The van der Waals surface area contributed by atoms with Gasteiger partial charge in [0.1, 0.15) is 6.10 Å². The minimum absolute atomic E-state index is 0.0690. The molecule has 6 heteroatoms. The molecular weight excluding hydrogens is 803 g/mol. The highest BCUT2D eigenvalue weighted by atomic mass is 16.5. The number of nitrogens with one attached hydrogen (secondary N) is 1. The molecule has 0 fully saturated rings. The van der Waals surface area contributed by atoms with Gasteiger partial charge in [0.2, 0.25) is 5.91 Å². The number of aliphatic hydroxyl groups is 2. The van der Waals surface area contributed by atoms with Crippen LogP contribution in [0.1, 0.15) is 303 Å². The smallest absolute Gasteiger partial charge is 0.306 e. The Morgan fingerprint density at radius 2 is 0.785 bits per heavy atom. The highest BCUT2D eigenvalue weighted by molar-refractivity contribution is 5.77. The number of allylic oxidation sites excluding steroid dienone is 6. The number of rotatable bonds is 52. The molecule has 6 nitrogen and oxygen atoms in total. The fourth-order valence-electron chi connectivity index (χ4n) is 8.81. The molecule has 65 heavy (non-hydrogen) atoms. The summed E-state index contributed by atoms with van der Waals surface area (Å²) in [6, 6.07) is -0.706. The lowest BCUT2D eigenvalue weighted by atomic mass is 10.0. The Morgan fingerprint density at radius 1 is 0.446 bits per heavy atom. The molecule has 3 unspecified atom stereocenters. The van der Waals surface area contributed by atoms with Crippen LogP contribution in [0.25, 0.3) is 0 Å². The van der Waals surface area contributed by atoms with Gasteiger partial charge in [0.25, 0.3) is 0 Å². The second kappa shape index (κ2) is 53.0. The first kappa shape index (κ1) is 63.1. The summed E-state index contributed by atoms with van der Waals surface area (Å²) in [5, 5.41) is 23.9. The van der Waals surface area contributed by atoms with Crippen LogP contribution in [0.4, 0.5) is 0 Å². The molecule has 0 aromatic carbocycles. The maximum atomic E-state index is 13.3. The molecule has 0 aliphatic heterocycles. The van der Waals surface area contributed by atoms with Crippen molar-refractivity contribution in [3.05, 3.63) is 36.5 Å². The Labute approximate surface area is 404 Å². The zero-order valence-electron chi connectivity index (χ0n) is 43.6. The quantitative estimate of drug-likeness (QED) is 0.0321. The SMILES string of the molecule is CCCCC/C=C\C/C=C\CCCCCCCCCC(CC(=O)NC(CO)C(O)CCCCCCCCCCCCCCCCCC)OC(=O)CCCCC/C=C\CCCCCCCC. The van der Waals surface area contributed by atoms with Gasteiger partial charge in [0, 0.05) is 6.42 Å². The van der Waals surface area contributed by atoms with Gasteiger partial charge in [-0.2, -0.15) is 0 Å². The van der Waals surface area contributed by atoms with Crippen molar-refractivity contribution in [1.29, 1.82) is 0 Å². The molecule has 0 rings (SSSR count). The Balaban J connectivity index is 4.56. The summed E-state index contributed by atoms with van der Waals surface area (Å²) in [4.78, 5) is 26.2. The first-order valence-corrected chi connectivity index (χ1v) is 28.7. The Bertz CT molecular complexity index is 1070. The number of aliphatic hydroxyl groups excluding tert-OH is 2. The first-order valence-electron chi connectivity index (χ1n) is 28.7. The second-order valence-corrected chi connectivity index (χ2v) is 19.7. The highest BCUT2D eigenvalue weighted by Gasteiger charge is 2.24. The summed E-state index contributed by atoms with van der Waals surface area (Å²) < 4.78 is 5.95. The van der Waals surface area contributed by atoms with Gasteiger partial charge in [0.15, 0.2) is 0 Å². The lowest BCUT2D eigenvalue weighted by molar-refractivity contribution is -0.151. The van der Waals surface area contributed by atoms with Crippen molar-refractivity contribution < 1.29 is 24.5 Å². The third-order valence-electron chi connectivity index (χ3n) is 13.2. The molecule has 1 amide bonds. The van der Waals surface area contributed by atoms with Gasteiger partial charge in [-0.05, 0) is 83.5 Å². The van der Waals surface area contributed by atoms with Gasteiger partial charge < -0.3 is 20.3 Å². The molecule has 0 spiro atoms. The molecule has 3 N–H and O–H groups in total. The number of hydrogen-bond donors (Lipinski definition) is 3. The van der Waals surface area contributed by atoms with Crippen molar-refractivity contribution in [2.75, 3.05) is 6.61 Å². The van der Waals surface area contributed by atoms with E-state index in [9.17, 15) is 19.8 Å². The summed E-state index contributed by atoms with van der Waals surface area (Å²) in [5.41, 5.74) is 0. The predicted molar refractivity (Wildman–Crippen MR) is 282 cm³/mol. The van der Waals surface area contributed by atoms with E-state index in [0.717, 1.165) is 70.6 Å². The van der Waals surface area contributed by atoms with Gasteiger partial charge in [0.05, 0.1) is 25.2 Å². The van der Waals surface area contributed by atoms with Crippen LogP contribution in [-0.4, -0.2) is 46.9 Å². The summed E-state index contributed by atoms with van der Waals surface area (Å²) in [6.07, 6.45) is 63.5. The molecular formula is C59H111NO5. The fraction of sp³-hybridized carbons (Fsp3) is 0.864. The highest BCUT2D eigenvalue weighted by Crippen LogP contribution is 2.18. The minimum atomic E-state index is -0.791. The largest absolute Gasteiger partial charge is 0.462 e. The van der Waals surface area contributed by atoms with E-state index < -0.39 is 18.2 Å². The van der Waals surface area contributed by atoms with E-state index in [1.165, 1.54) is 186 Å². The number of hydrogen-bond acceptors (Lipinski definition) is 5. The number of unbranched alkanes of at least 4 members (excludes halogenated alkanes) is 34. The van der Waals surface area contributed by atoms with E-state index in [0.29, 0.717) is 19.3 Å². The molecule has 382 valence electrons. The molecule has 0 saturated heterocycles. The Hall–Kier alpha value is -1.92. The van der Waals surface area contributed by atoms with Gasteiger partial charge in [-0.25, -0.2) is 0 Å². The normalized spacial score (nSPS) is 13.4. The average Bonchev–Trinajstić information content (AvgIpc) is 3.30. The number of esters is 1. The first-order chi connectivity index (χ1) is 32.0. The third kappa shape index (κ3) is 48.3. The summed E-state index contributed by atoms with van der Waals surface area (Å²) in [5.74, 6) is -0.488. The van der Waals surface area contributed by atoms with Crippen molar-refractivity contribution in [3.63, 3.8) is 0 Å². The fourth-order valence-corrected chi connectivity index (χ4v) is 8.81. The van der Waals surface area contributed by atoms with Crippen LogP contribution >= 0.6 is 0 Å². The van der Waals surface area contributed by atoms with Crippen LogP contribution in [0.3, 0.4) is 0 Å². The van der Waals surface area contributed by atoms with E-state index in [1.54, 1.807) is 0 Å². The van der Waals surface area contributed by atoms with E-state index >= 15 is 0 Å². The summed E-state index contributed by atoms with van der Waals surface area (Å²) in [7, 11) is 0. The molecule has 0 aromatic rings. The maximum Gasteiger partial charge on any atom is 0.306 e. The lowest BCUT2D eigenvalue weighted by Gasteiger charge is -2.24. The Morgan fingerprint density at radius 3 is 1.22 bits per heavy atom. The van der Waals surface area contributed by atoms with E-state index in [-0.39, 0.29) is 24.9 Å². The third-order valence-corrected chi connectivity index (χ3v) is 13.2. The number of carbonyl (C=O) groups is 2. The molecule has 0 bridgehead atoms. The molecule has 0 radical (unpaired) electrons.